The van der Waals surface area contributed by atoms with Crippen LogP contribution in [0.4, 0.5) is 0 Å². The molecular weight excluding hydrogens is 288 g/mol. The standard InChI is InChI=1S/C12H15BrO4/c1-3-5-17-10-7-8(12(15)16-4-2)6-9(14)11(10)13/h6-7,14H,3-5H2,1-2H3. The van der Waals surface area contributed by atoms with Crippen LogP contribution < -0.4 is 4.74 Å². The summed E-state index contributed by atoms with van der Waals surface area (Å²) in [7, 11) is 0. The Balaban J connectivity index is 3.00. The molecule has 1 rings (SSSR count). The maximum atomic E-state index is 11.5. The maximum absolute atomic E-state index is 11.5. The van der Waals surface area contributed by atoms with E-state index >= 15 is 0 Å². The van der Waals surface area contributed by atoms with Crippen molar-refractivity contribution in [3.8, 4) is 11.5 Å². The minimum absolute atomic E-state index is 0.0401. The first-order valence-corrected chi connectivity index (χ1v) is 6.21. The van der Waals surface area contributed by atoms with Gasteiger partial charge in [0, 0.05) is 0 Å². The molecule has 4 nitrogen and oxygen atoms in total. The van der Waals surface area contributed by atoms with Crippen LogP contribution in [-0.2, 0) is 4.74 Å². The van der Waals surface area contributed by atoms with Gasteiger partial charge in [0.1, 0.15) is 16.0 Å². The Morgan fingerprint density at radius 3 is 2.71 bits per heavy atom. The second-order valence-electron chi connectivity index (χ2n) is 3.38. The van der Waals surface area contributed by atoms with Crippen LogP contribution in [0.3, 0.4) is 0 Å². The number of carbonyl (C=O) groups excluding carboxylic acids is 1. The van der Waals surface area contributed by atoms with E-state index in [2.05, 4.69) is 15.9 Å². The summed E-state index contributed by atoms with van der Waals surface area (Å²) in [5.74, 6) is -0.0757. The van der Waals surface area contributed by atoms with Gasteiger partial charge in [0.2, 0.25) is 0 Å². The van der Waals surface area contributed by atoms with E-state index in [0.29, 0.717) is 23.4 Å². The van der Waals surface area contributed by atoms with Crippen molar-refractivity contribution in [2.24, 2.45) is 0 Å². The number of hydrogen-bond donors (Lipinski definition) is 1. The van der Waals surface area contributed by atoms with Crippen molar-refractivity contribution in [1.29, 1.82) is 0 Å². The highest BCUT2D eigenvalue weighted by atomic mass is 79.9. The topological polar surface area (TPSA) is 55.8 Å². The van der Waals surface area contributed by atoms with Crippen LogP contribution in [0, 0.1) is 0 Å². The van der Waals surface area contributed by atoms with Gasteiger partial charge in [-0.2, -0.15) is 0 Å². The predicted molar refractivity (Wildman–Crippen MR) is 67.5 cm³/mol. The number of hydrogen-bond acceptors (Lipinski definition) is 4. The molecule has 0 unspecified atom stereocenters. The van der Waals surface area contributed by atoms with E-state index in [1.54, 1.807) is 13.0 Å². The number of benzene rings is 1. The molecule has 0 saturated heterocycles. The van der Waals surface area contributed by atoms with Crippen molar-refractivity contribution in [1.82, 2.24) is 0 Å². The van der Waals surface area contributed by atoms with E-state index in [1.807, 2.05) is 6.92 Å². The smallest absolute Gasteiger partial charge is 0.338 e. The van der Waals surface area contributed by atoms with Gasteiger partial charge in [-0.15, -0.1) is 0 Å². The summed E-state index contributed by atoms with van der Waals surface area (Å²) in [5, 5.41) is 9.66. The van der Waals surface area contributed by atoms with Crippen LogP contribution in [0.1, 0.15) is 30.6 Å². The SMILES string of the molecule is CCCOc1cc(C(=O)OCC)cc(O)c1Br. The third kappa shape index (κ3) is 3.63. The van der Waals surface area contributed by atoms with E-state index < -0.39 is 5.97 Å². The molecule has 0 heterocycles. The highest BCUT2D eigenvalue weighted by Crippen LogP contribution is 2.35. The fraction of sp³-hybridized carbons (Fsp3) is 0.417. The molecule has 0 bridgehead atoms. The summed E-state index contributed by atoms with van der Waals surface area (Å²) >= 11 is 3.21. The molecular formula is C12H15BrO4. The number of esters is 1. The lowest BCUT2D eigenvalue weighted by atomic mass is 10.2. The van der Waals surface area contributed by atoms with Crippen LogP contribution in [-0.4, -0.2) is 24.3 Å². The number of aromatic hydroxyl groups is 1. The fourth-order valence-electron chi connectivity index (χ4n) is 1.23. The third-order valence-electron chi connectivity index (χ3n) is 1.99. The molecule has 0 aliphatic heterocycles. The Morgan fingerprint density at radius 1 is 1.41 bits per heavy atom. The number of halogens is 1. The second-order valence-corrected chi connectivity index (χ2v) is 4.17. The van der Waals surface area contributed by atoms with Crippen molar-refractivity contribution in [3.05, 3.63) is 22.2 Å². The molecule has 0 radical (unpaired) electrons. The maximum Gasteiger partial charge on any atom is 0.338 e. The molecule has 0 fully saturated rings. The Hall–Kier alpha value is -1.23. The second kappa shape index (κ2) is 6.49. The first kappa shape index (κ1) is 13.8. The molecule has 0 amide bonds. The van der Waals surface area contributed by atoms with Crippen molar-refractivity contribution in [3.63, 3.8) is 0 Å². The minimum atomic E-state index is -0.475. The lowest BCUT2D eigenvalue weighted by Gasteiger charge is -2.10. The van der Waals surface area contributed by atoms with Gasteiger partial charge in [-0.3, -0.25) is 0 Å². The fourth-order valence-corrected chi connectivity index (χ4v) is 1.58. The summed E-state index contributed by atoms with van der Waals surface area (Å²) in [5.41, 5.74) is 0.277. The summed E-state index contributed by atoms with van der Waals surface area (Å²) in [6.07, 6.45) is 0.844. The number of phenolic OH excluding ortho intramolecular Hbond substituents is 1. The van der Waals surface area contributed by atoms with E-state index in [0.717, 1.165) is 6.42 Å². The summed E-state index contributed by atoms with van der Waals surface area (Å²) < 4.78 is 10.7. The molecule has 1 aromatic rings. The molecule has 1 aromatic carbocycles. The average molecular weight is 303 g/mol. The molecule has 1 N–H and O–H groups in total. The lowest BCUT2D eigenvalue weighted by molar-refractivity contribution is 0.0525. The molecule has 17 heavy (non-hydrogen) atoms. The van der Waals surface area contributed by atoms with Crippen molar-refractivity contribution in [2.45, 2.75) is 20.3 Å². The highest BCUT2D eigenvalue weighted by molar-refractivity contribution is 9.10. The van der Waals surface area contributed by atoms with Gasteiger partial charge in [-0.1, -0.05) is 6.92 Å². The summed E-state index contributed by atoms with van der Waals surface area (Å²) in [4.78, 5) is 11.5. The van der Waals surface area contributed by atoms with Crippen molar-refractivity contribution in [2.75, 3.05) is 13.2 Å². The van der Waals surface area contributed by atoms with Crippen molar-refractivity contribution < 1.29 is 19.4 Å². The Morgan fingerprint density at radius 2 is 2.12 bits per heavy atom. The zero-order chi connectivity index (χ0) is 12.8. The van der Waals surface area contributed by atoms with Gasteiger partial charge in [-0.05, 0) is 41.4 Å². The van der Waals surface area contributed by atoms with Gasteiger partial charge in [0.15, 0.2) is 0 Å². The minimum Gasteiger partial charge on any atom is -0.507 e. The number of rotatable bonds is 5. The van der Waals surface area contributed by atoms with Gasteiger partial charge < -0.3 is 14.6 Å². The molecule has 0 aliphatic carbocycles. The normalized spacial score (nSPS) is 10.1. The van der Waals surface area contributed by atoms with E-state index in [1.165, 1.54) is 6.07 Å². The van der Waals surface area contributed by atoms with Crippen LogP contribution in [0.25, 0.3) is 0 Å². The Bertz CT molecular complexity index is 404. The van der Waals surface area contributed by atoms with Crippen LogP contribution in [0.2, 0.25) is 0 Å². The molecule has 94 valence electrons. The first-order valence-electron chi connectivity index (χ1n) is 5.42. The molecule has 0 spiro atoms. The largest absolute Gasteiger partial charge is 0.507 e. The van der Waals surface area contributed by atoms with Gasteiger partial charge in [0.25, 0.3) is 0 Å². The van der Waals surface area contributed by atoms with Crippen LogP contribution in [0.15, 0.2) is 16.6 Å². The first-order chi connectivity index (χ1) is 8.10. The molecule has 5 heteroatoms. The van der Waals surface area contributed by atoms with Gasteiger partial charge in [0.05, 0.1) is 18.8 Å². The zero-order valence-electron chi connectivity index (χ0n) is 9.83. The summed E-state index contributed by atoms with van der Waals surface area (Å²) in [6, 6.07) is 2.90. The zero-order valence-corrected chi connectivity index (χ0v) is 11.4. The van der Waals surface area contributed by atoms with E-state index in [4.69, 9.17) is 9.47 Å². The van der Waals surface area contributed by atoms with E-state index in [-0.39, 0.29) is 11.3 Å². The molecule has 0 aromatic heterocycles. The average Bonchev–Trinajstić information content (AvgIpc) is 2.31. The highest BCUT2D eigenvalue weighted by Gasteiger charge is 2.14. The summed E-state index contributed by atoms with van der Waals surface area (Å²) in [6.45, 7) is 4.51. The molecule has 0 aliphatic rings. The van der Waals surface area contributed by atoms with Crippen LogP contribution in [0.5, 0.6) is 11.5 Å². The monoisotopic (exact) mass is 302 g/mol. The predicted octanol–water partition coefficient (Wildman–Crippen LogP) is 3.12. The molecule has 0 atom stereocenters. The third-order valence-corrected chi connectivity index (χ3v) is 2.79. The molecule has 0 saturated carbocycles. The lowest BCUT2D eigenvalue weighted by Crippen LogP contribution is -2.05. The van der Waals surface area contributed by atoms with Gasteiger partial charge in [-0.25, -0.2) is 4.79 Å². The number of carbonyl (C=O) groups is 1. The quantitative estimate of drug-likeness (QED) is 0.849. The van der Waals surface area contributed by atoms with Gasteiger partial charge >= 0.3 is 5.97 Å². The number of phenols is 1. The number of ether oxygens (including phenoxy) is 2. The Labute approximate surface area is 109 Å². The Kier molecular flexibility index (Phi) is 5.28. The van der Waals surface area contributed by atoms with Crippen molar-refractivity contribution >= 4 is 21.9 Å². The van der Waals surface area contributed by atoms with Crippen LogP contribution >= 0.6 is 15.9 Å². The van der Waals surface area contributed by atoms with E-state index in [9.17, 15) is 9.90 Å².